The molecule has 0 radical (unpaired) electrons. The summed E-state index contributed by atoms with van der Waals surface area (Å²) in [6, 6.07) is 26.3. The summed E-state index contributed by atoms with van der Waals surface area (Å²) >= 11 is 0. The number of aromatic nitrogens is 4. The highest BCUT2D eigenvalue weighted by atomic mass is 16.5. The molecule has 0 unspecified atom stereocenters. The van der Waals surface area contributed by atoms with Crippen LogP contribution in [0, 0.1) is 6.92 Å². The second-order valence-electron chi connectivity index (χ2n) is 8.69. The molecule has 0 aliphatic heterocycles. The first-order valence-electron chi connectivity index (χ1n) is 12.3. The molecular weight excluding hydrogens is 464 g/mol. The van der Waals surface area contributed by atoms with Gasteiger partial charge in [-0.1, -0.05) is 54.6 Å². The summed E-state index contributed by atoms with van der Waals surface area (Å²) in [4.78, 5) is 13.8. The number of benzene rings is 3. The molecule has 0 atom stereocenters. The van der Waals surface area contributed by atoms with Crippen molar-refractivity contribution in [3.8, 4) is 11.5 Å². The highest BCUT2D eigenvalue weighted by molar-refractivity contribution is 5.70. The smallest absolute Gasteiger partial charge is 0.163 e. The number of hydrogen-bond acceptors (Lipinski definition) is 6. The van der Waals surface area contributed by atoms with Gasteiger partial charge in [-0.15, -0.1) is 0 Å². The third-order valence-corrected chi connectivity index (χ3v) is 6.59. The molecule has 0 amide bonds. The minimum Gasteiger partial charge on any atom is -0.497 e. The van der Waals surface area contributed by atoms with Crippen LogP contribution in [0.25, 0.3) is 11.2 Å². The quantitative estimate of drug-likeness (QED) is 0.246. The van der Waals surface area contributed by atoms with Gasteiger partial charge in [-0.05, 0) is 54.8 Å². The van der Waals surface area contributed by atoms with Gasteiger partial charge in [0.25, 0.3) is 0 Å². The molecular formula is C30H30N4O3. The van der Waals surface area contributed by atoms with Gasteiger partial charge in [0, 0.05) is 6.54 Å². The van der Waals surface area contributed by atoms with E-state index in [1.165, 1.54) is 0 Å². The van der Waals surface area contributed by atoms with Gasteiger partial charge in [0.2, 0.25) is 0 Å². The fourth-order valence-electron chi connectivity index (χ4n) is 4.74. The van der Waals surface area contributed by atoms with Crippen LogP contribution in [0.4, 0.5) is 0 Å². The molecule has 3 aromatic carbocycles. The summed E-state index contributed by atoms with van der Waals surface area (Å²) < 4.78 is 20.0. The summed E-state index contributed by atoms with van der Waals surface area (Å²) in [5.41, 5.74) is 3.59. The van der Waals surface area contributed by atoms with E-state index < -0.39 is 5.60 Å². The van der Waals surface area contributed by atoms with Crippen molar-refractivity contribution in [2.75, 3.05) is 14.2 Å². The Bertz CT molecular complexity index is 1430. The third-order valence-electron chi connectivity index (χ3n) is 6.59. The van der Waals surface area contributed by atoms with Crippen LogP contribution in [0.15, 0.2) is 85.1 Å². The topological polar surface area (TPSA) is 71.3 Å². The van der Waals surface area contributed by atoms with Crippen LogP contribution in [-0.4, -0.2) is 33.7 Å². The first-order valence-corrected chi connectivity index (χ1v) is 12.3. The fraction of sp³-hybridized carbons (Fsp3) is 0.233. The van der Waals surface area contributed by atoms with E-state index in [-0.39, 0.29) is 6.61 Å². The van der Waals surface area contributed by atoms with Gasteiger partial charge in [0.1, 0.15) is 40.9 Å². The van der Waals surface area contributed by atoms with E-state index in [1.807, 2.05) is 73.7 Å². The van der Waals surface area contributed by atoms with Gasteiger partial charge in [-0.25, -0.2) is 15.0 Å². The molecule has 37 heavy (non-hydrogen) atoms. The SMILES string of the molecule is CCn1c(COC(c2ccccc2)(c2ccc(OC)cc2)c2ccc(OC)cc2)nc2cnc(C)nc21. The highest BCUT2D eigenvalue weighted by Crippen LogP contribution is 2.42. The van der Waals surface area contributed by atoms with Crippen LogP contribution < -0.4 is 9.47 Å². The number of imidazole rings is 1. The van der Waals surface area contributed by atoms with Gasteiger partial charge in [0.05, 0.1) is 20.4 Å². The standard InChI is InChI=1S/C30H30N4O3/c1-5-34-28(33-27-19-31-21(2)32-29(27)34)20-37-30(22-9-7-6-8-10-22,23-11-15-25(35-3)16-12-23)24-13-17-26(36-4)18-14-24/h6-19H,5,20H2,1-4H3. The molecule has 7 heteroatoms. The van der Waals surface area contributed by atoms with Crippen molar-refractivity contribution in [1.82, 2.24) is 19.5 Å². The maximum atomic E-state index is 7.01. The van der Waals surface area contributed by atoms with Crippen molar-refractivity contribution in [1.29, 1.82) is 0 Å². The van der Waals surface area contributed by atoms with Crippen LogP contribution in [0.3, 0.4) is 0 Å². The van der Waals surface area contributed by atoms with Crippen molar-refractivity contribution in [2.24, 2.45) is 0 Å². The summed E-state index contributed by atoms with van der Waals surface area (Å²) in [5, 5.41) is 0. The minimum atomic E-state index is -0.919. The first kappa shape index (κ1) is 24.5. The maximum absolute atomic E-state index is 7.01. The Kier molecular flexibility index (Phi) is 6.88. The maximum Gasteiger partial charge on any atom is 0.163 e. The van der Waals surface area contributed by atoms with Crippen molar-refractivity contribution >= 4 is 11.2 Å². The lowest BCUT2D eigenvalue weighted by molar-refractivity contribution is -0.00431. The summed E-state index contributed by atoms with van der Waals surface area (Å²) in [7, 11) is 3.33. The van der Waals surface area contributed by atoms with Gasteiger partial charge < -0.3 is 18.8 Å². The van der Waals surface area contributed by atoms with Crippen LogP contribution >= 0.6 is 0 Å². The highest BCUT2D eigenvalue weighted by Gasteiger charge is 2.38. The average molecular weight is 495 g/mol. The molecule has 5 rings (SSSR count). The fourth-order valence-corrected chi connectivity index (χ4v) is 4.74. The van der Waals surface area contributed by atoms with Crippen LogP contribution in [0.5, 0.6) is 11.5 Å². The van der Waals surface area contributed by atoms with E-state index in [4.69, 9.17) is 19.2 Å². The predicted octanol–water partition coefficient (Wildman–Crippen LogP) is 5.68. The molecule has 0 aliphatic rings. The zero-order valence-electron chi connectivity index (χ0n) is 21.5. The van der Waals surface area contributed by atoms with Crippen molar-refractivity contribution in [3.63, 3.8) is 0 Å². The molecule has 7 nitrogen and oxygen atoms in total. The second kappa shape index (κ2) is 10.4. The lowest BCUT2D eigenvalue weighted by Gasteiger charge is -2.36. The molecule has 2 aromatic heterocycles. The van der Waals surface area contributed by atoms with E-state index in [0.717, 1.165) is 51.7 Å². The van der Waals surface area contributed by atoms with E-state index in [2.05, 4.69) is 33.6 Å². The third kappa shape index (κ3) is 4.54. The Morgan fingerprint density at radius 2 is 1.32 bits per heavy atom. The first-order chi connectivity index (χ1) is 18.1. The number of fused-ring (bicyclic) bond motifs is 1. The normalized spacial score (nSPS) is 11.6. The molecule has 5 aromatic rings. The number of hydrogen-bond donors (Lipinski definition) is 0. The Hall–Kier alpha value is -4.23. The zero-order chi connectivity index (χ0) is 25.8. The van der Waals surface area contributed by atoms with Crippen LogP contribution in [-0.2, 0) is 23.5 Å². The van der Waals surface area contributed by atoms with Gasteiger partial charge >= 0.3 is 0 Å². The van der Waals surface area contributed by atoms with E-state index >= 15 is 0 Å². The summed E-state index contributed by atoms with van der Waals surface area (Å²) in [5.74, 6) is 3.06. The number of methoxy groups -OCH3 is 2. The predicted molar refractivity (Wildman–Crippen MR) is 143 cm³/mol. The number of rotatable bonds is 9. The zero-order valence-corrected chi connectivity index (χ0v) is 21.5. The second-order valence-corrected chi connectivity index (χ2v) is 8.69. The molecule has 0 aliphatic carbocycles. The lowest BCUT2D eigenvalue weighted by atomic mass is 9.80. The number of ether oxygens (including phenoxy) is 3. The molecule has 0 saturated carbocycles. The molecule has 0 bridgehead atoms. The van der Waals surface area contributed by atoms with Gasteiger partial charge in [-0.3, -0.25) is 0 Å². The lowest BCUT2D eigenvalue weighted by Crippen LogP contribution is -2.33. The Morgan fingerprint density at radius 1 is 0.757 bits per heavy atom. The van der Waals surface area contributed by atoms with E-state index in [9.17, 15) is 0 Å². The molecule has 0 N–H and O–H groups in total. The van der Waals surface area contributed by atoms with E-state index in [0.29, 0.717) is 5.82 Å². The molecule has 0 spiro atoms. The summed E-state index contributed by atoms with van der Waals surface area (Å²) in [6.45, 7) is 4.95. The Balaban J connectivity index is 1.68. The van der Waals surface area contributed by atoms with Crippen molar-refractivity contribution < 1.29 is 14.2 Å². The van der Waals surface area contributed by atoms with Crippen LogP contribution in [0.1, 0.15) is 35.3 Å². The Labute approximate surface area is 216 Å². The molecule has 0 fully saturated rings. The number of nitrogens with zero attached hydrogens (tertiary/aromatic N) is 4. The average Bonchev–Trinajstić information content (AvgIpc) is 3.31. The number of aryl methyl sites for hydroxylation is 2. The van der Waals surface area contributed by atoms with Crippen molar-refractivity contribution in [2.45, 2.75) is 32.6 Å². The monoisotopic (exact) mass is 494 g/mol. The Morgan fingerprint density at radius 3 is 1.86 bits per heavy atom. The van der Waals surface area contributed by atoms with Crippen LogP contribution in [0.2, 0.25) is 0 Å². The minimum absolute atomic E-state index is 0.260. The van der Waals surface area contributed by atoms with E-state index in [1.54, 1.807) is 20.4 Å². The van der Waals surface area contributed by atoms with Crippen molar-refractivity contribution in [3.05, 3.63) is 113 Å². The molecule has 2 heterocycles. The van der Waals surface area contributed by atoms with Gasteiger partial charge in [-0.2, -0.15) is 0 Å². The molecule has 188 valence electrons. The van der Waals surface area contributed by atoms with Gasteiger partial charge in [0.15, 0.2) is 5.65 Å². The molecule has 0 saturated heterocycles. The summed E-state index contributed by atoms with van der Waals surface area (Å²) in [6.07, 6.45) is 1.77. The largest absolute Gasteiger partial charge is 0.497 e.